The van der Waals surface area contributed by atoms with Crippen molar-refractivity contribution < 1.29 is 14.3 Å². The molecule has 3 aromatic rings. The molecular weight excluding hydrogens is 481 g/mol. The smallest absolute Gasteiger partial charge is 0.330 e. The molecule has 10 heteroatoms. The number of aryl methyl sites for hydroxylation is 2. The van der Waals surface area contributed by atoms with Gasteiger partial charge in [0, 0.05) is 26.7 Å². The topological polar surface area (TPSA) is 99.4 Å². The van der Waals surface area contributed by atoms with Crippen molar-refractivity contribution in [1.82, 2.24) is 14.5 Å². The number of hydrogen-bond acceptors (Lipinski definition) is 5. The third-order valence-electron chi connectivity index (χ3n) is 5.45. The summed E-state index contributed by atoms with van der Waals surface area (Å²) in [7, 11) is 4.23. The summed E-state index contributed by atoms with van der Waals surface area (Å²) in [6, 6.07) is 8.97. The molecular formula is C24H23Cl2N3O5. The Morgan fingerprint density at radius 2 is 1.71 bits per heavy atom. The minimum absolute atomic E-state index is 0.0665. The first-order valence-electron chi connectivity index (χ1n) is 10.2. The molecule has 0 saturated heterocycles. The zero-order chi connectivity index (χ0) is 25.2. The molecule has 2 aromatic carbocycles. The molecule has 178 valence electrons. The third-order valence-corrected chi connectivity index (χ3v) is 6.08. The number of methoxy groups -OCH3 is 1. The van der Waals surface area contributed by atoms with E-state index in [0.29, 0.717) is 11.1 Å². The molecule has 1 amide bonds. The molecule has 1 unspecified atom stereocenters. The van der Waals surface area contributed by atoms with Crippen LogP contribution in [0.1, 0.15) is 21.5 Å². The highest BCUT2D eigenvalue weighted by molar-refractivity contribution is 6.39. The number of hydrogen-bond donors (Lipinski definition) is 1. The minimum Gasteiger partial charge on any atom is -0.467 e. The Morgan fingerprint density at radius 3 is 2.29 bits per heavy atom. The summed E-state index contributed by atoms with van der Waals surface area (Å²) in [5.74, 6) is -1.24. The molecule has 0 aliphatic rings. The second-order valence-corrected chi connectivity index (χ2v) is 8.61. The monoisotopic (exact) mass is 503 g/mol. The van der Waals surface area contributed by atoms with E-state index in [9.17, 15) is 19.2 Å². The predicted molar refractivity (Wildman–Crippen MR) is 131 cm³/mol. The van der Waals surface area contributed by atoms with Crippen molar-refractivity contribution in [2.45, 2.75) is 19.4 Å². The van der Waals surface area contributed by atoms with Gasteiger partial charge in [-0.05, 0) is 35.7 Å². The molecule has 0 bridgehead atoms. The lowest BCUT2D eigenvalue weighted by Crippen LogP contribution is -2.43. The molecule has 0 saturated carbocycles. The van der Waals surface area contributed by atoms with E-state index in [4.69, 9.17) is 27.9 Å². The van der Waals surface area contributed by atoms with Gasteiger partial charge >= 0.3 is 11.7 Å². The molecule has 1 N–H and O–H groups in total. The van der Waals surface area contributed by atoms with Gasteiger partial charge in [0.1, 0.15) is 6.04 Å². The Balaban J connectivity index is 1.91. The Morgan fingerprint density at radius 1 is 1.06 bits per heavy atom. The van der Waals surface area contributed by atoms with Crippen LogP contribution < -0.4 is 16.6 Å². The molecule has 0 fully saturated rings. The van der Waals surface area contributed by atoms with E-state index in [0.717, 1.165) is 15.7 Å². The highest BCUT2D eigenvalue weighted by Gasteiger charge is 2.25. The number of nitrogens with one attached hydrogen (secondary N) is 1. The predicted octanol–water partition coefficient (Wildman–Crippen LogP) is 2.88. The van der Waals surface area contributed by atoms with Crippen LogP contribution in [-0.2, 0) is 30.0 Å². The van der Waals surface area contributed by atoms with Gasteiger partial charge in [0.2, 0.25) is 0 Å². The molecule has 1 heterocycles. The first kappa shape index (κ1) is 25.3. The summed E-state index contributed by atoms with van der Waals surface area (Å²) in [6.45, 7) is 1.82. The van der Waals surface area contributed by atoms with Crippen LogP contribution in [0.2, 0.25) is 10.0 Å². The fourth-order valence-corrected chi connectivity index (χ4v) is 4.23. The number of carbonyl (C=O) groups is 2. The second kappa shape index (κ2) is 10.3. The van der Waals surface area contributed by atoms with Gasteiger partial charge < -0.3 is 14.6 Å². The first-order chi connectivity index (χ1) is 16.0. The SMILES string of the molecule is COC(=O)C(Cc1ccc(-c2cn(C)c(=O)n(C)c2=O)c(C)c1)NC(=O)c1c(Cl)cccc1Cl. The zero-order valence-electron chi connectivity index (χ0n) is 19.0. The summed E-state index contributed by atoms with van der Waals surface area (Å²) in [6.07, 6.45) is 1.63. The molecule has 0 aliphatic heterocycles. The maximum atomic E-state index is 12.8. The largest absolute Gasteiger partial charge is 0.467 e. The minimum atomic E-state index is -1.000. The zero-order valence-corrected chi connectivity index (χ0v) is 20.5. The van der Waals surface area contributed by atoms with Crippen molar-refractivity contribution in [3.63, 3.8) is 0 Å². The highest BCUT2D eigenvalue weighted by atomic mass is 35.5. The standard InChI is InChI=1S/C24H23Cl2N3O5/c1-13-10-14(8-9-15(13)16-12-28(2)24(33)29(3)22(16)31)11-19(23(32)34-4)27-21(30)20-17(25)6-5-7-18(20)26/h5-10,12,19H,11H2,1-4H3,(H,27,30). The van der Waals surface area contributed by atoms with Gasteiger partial charge in [0.15, 0.2) is 0 Å². The fraction of sp³-hybridized carbons (Fsp3) is 0.250. The van der Waals surface area contributed by atoms with E-state index in [1.165, 1.54) is 37.1 Å². The van der Waals surface area contributed by atoms with E-state index >= 15 is 0 Å². The van der Waals surface area contributed by atoms with Gasteiger partial charge in [-0.2, -0.15) is 0 Å². The van der Waals surface area contributed by atoms with E-state index in [-0.39, 0.29) is 22.0 Å². The van der Waals surface area contributed by atoms with Gasteiger partial charge in [-0.1, -0.05) is 47.5 Å². The Kier molecular flexibility index (Phi) is 7.64. The molecule has 0 radical (unpaired) electrons. The normalized spacial score (nSPS) is 11.7. The summed E-state index contributed by atoms with van der Waals surface area (Å²) in [5.41, 5.74) is 1.76. The Hall–Kier alpha value is -3.36. The van der Waals surface area contributed by atoms with Crippen LogP contribution in [0.4, 0.5) is 0 Å². The van der Waals surface area contributed by atoms with Gasteiger partial charge in [-0.25, -0.2) is 9.59 Å². The maximum absolute atomic E-state index is 12.8. The quantitative estimate of drug-likeness (QED) is 0.521. The van der Waals surface area contributed by atoms with Crippen molar-refractivity contribution in [3.8, 4) is 11.1 Å². The second-order valence-electron chi connectivity index (χ2n) is 7.80. The number of halogens is 2. The first-order valence-corrected chi connectivity index (χ1v) is 11.0. The maximum Gasteiger partial charge on any atom is 0.330 e. The van der Waals surface area contributed by atoms with Crippen molar-refractivity contribution >= 4 is 35.1 Å². The number of nitrogens with zero attached hydrogens (tertiary/aromatic N) is 2. The number of aromatic nitrogens is 2. The lowest BCUT2D eigenvalue weighted by molar-refractivity contribution is -0.142. The van der Waals surface area contributed by atoms with Gasteiger partial charge in [0.05, 0.1) is 28.3 Å². The van der Waals surface area contributed by atoms with Crippen molar-refractivity contribution in [2.24, 2.45) is 14.1 Å². The summed E-state index contributed by atoms with van der Waals surface area (Å²) < 4.78 is 7.25. The number of ether oxygens (including phenoxy) is 1. The molecule has 8 nitrogen and oxygen atoms in total. The number of rotatable bonds is 6. The lowest BCUT2D eigenvalue weighted by Gasteiger charge is -2.18. The number of benzene rings is 2. The number of amides is 1. The van der Waals surface area contributed by atoms with Gasteiger partial charge in [-0.15, -0.1) is 0 Å². The molecule has 0 spiro atoms. The van der Waals surface area contributed by atoms with E-state index < -0.39 is 29.2 Å². The highest BCUT2D eigenvalue weighted by Crippen LogP contribution is 2.25. The van der Waals surface area contributed by atoms with Crippen molar-refractivity contribution in [1.29, 1.82) is 0 Å². The average Bonchev–Trinajstić information content (AvgIpc) is 2.79. The Bertz CT molecular complexity index is 1370. The fourth-order valence-electron chi connectivity index (χ4n) is 3.66. The third kappa shape index (κ3) is 5.08. The van der Waals surface area contributed by atoms with Crippen LogP contribution in [0.5, 0.6) is 0 Å². The van der Waals surface area contributed by atoms with Gasteiger partial charge in [0.25, 0.3) is 11.5 Å². The van der Waals surface area contributed by atoms with Crippen LogP contribution in [0.15, 0.2) is 52.2 Å². The van der Waals surface area contributed by atoms with Crippen LogP contribution in [0.3, 0.4) is 0 Å². The Labute approximate surface area is 205 Å². The van der Waals surface area contributed by atoms with Gasteiger partial charge in [-0.3, -0.25) is 14.2 Å². The van der Waals surface area contributed by atoms with Crippen molar-refractivity contribution in [2.75, 3.05) is 7.11 Å². The van der Waals surface area contributed by atoms with Crippen LogP contribution >= 0.6 is 23.2 Å². The number of esters is 1. The molecule has 3 rings (SSSR count). The van der Waals surface area contributed by atoms with E-state index in [1.807, 2.05) is 13.0 Å². The molecule has 0 aliphatic carbocycles. The van der Waals surface area contributed by atoms with Crippen molar-refractivity contribution in [3.05, 3.63) is 90.2 Å². The van der Waals surface area contributed by atoms with Crippen LogP contribution in [0, 0.1) is 6.92 Å². The molecule has 1 aromatic heterocycles. The number of carbonyl (C=O) groups excluding carboxylic acids is 2. The average molecular weight is 504 g/mol. The van der Waals surface area contributed by atoms with E-state index in [1.54, 1.807) is 25.2 Å². The summed E-state index contributed by atoms with van der Waals surface area (Å²) in [5, 5.41) is 2.96. The summed E-state index contributed by atoms with van der Waals surface area (Å²) >= 11 is 12.2. The molecule has 1 atom stereocenters. The van der Waals surface area contributed by atoms with E-state index in [2.05, 4.69) is 5.32 Å². The lowest BCUT2D eigenvalue weighted by atomic mass is 9.97. The molecule has 34 heavy (non-hydrogen) atoms. The van der Waals surface area contributed by atoms with Crippen LogP contribution in [0.25, 0.3) is 11.1 Å². The summed E-state index contributed by atoms with van der Waals surface area (Å²) in [4.78, 5) is 49.8. The van der Waals surface area contributed by atoms with Crippen LogP contribution in [-0.4, -0.2) is 34.2 Å².